The zero-order chi connectivity index (χ0) is 11.1. The lowest BCUT2D eigenvalue weighted by Crippen LogP contribution is -2.43. The van der Waals surface area contributed by atoms with Crippen molar-refractivity contribution in [3.05, 3.63) is 0 Å². The van der Waals surface area contributed by atoms with Crippen LogP contribution >= 0.6 is 0 Å². The second-order valence-corrected chi connectivity index (χ2v) is 4.04. The molecular formula is C10H21N3O2. The Balaban J connectivity index is 2.02. The van der Waals surface area contributed by atoms with Crippen LogP contribution in [0.2, 0.25) is 0 Å². The van der Waals surface area contributed by atoms with Gasteiger partial charge in [-0.2, -0.15) is 0 Å². The zero-order valence-electron chi connectivity index (χ0n) is 9.51. The van der Waals surface area contributed by atoms with Gasteiger partial charge in [0.1, 0.15) is 0 Å². The van der Waals surface area contributed by atoms with Gasteiger partial charge in [-0.25, -0.2) is 4.79 Å². The maximum Gasteiger partial charge on any atom is 0.314 e. The van der Waals surface area contributed by atoms with Crippen LogP contribution in [0.25, 0.3) is 0 Å². The molecule has 1 saturated heterocycles. The SMILES string of the molecule is CC(C)NC(=O)NCCC1CNCCO1. The molecule has 0 aliphatic carbocycles. The van der Waals surface area contributed by atoms with Gasteiger partial charge in [0.25, 0.3) is 0 Å². The molecule has 1 aliphatic rings. The molecule has 5 nitrogen and oxygen atoms in total. The molecule has 0 spiro atoms. The van der Waals surface area contributed by atoms with Crippen LogP contribution < -0.4 is 16.0 Å². The molecule has 1 atom stereocenters. The molecule has 0 aromatic carbocycles. The number of nitrogens with one attached hydrogen (secondary N) is 3. The molecule has 1 unspecified atom stereocenters. The summed E-state index contributed by atoms with van der Waals surface area (Å²) < 4.78 is 5.51. The lowest BCUT2D eigenvalue weighted by Gasteiger charge is -2.23. The molecule has 0 aromatic rings. The predicted molar refractivity (Wildman–Crippen MR) is 58.9 cm³/mol. The van der Waals surface area contributed by atoms with Gasteiger partial charge in [0.2, 0.25) is 0 Å². The highest BCUT2D eigenvalue weighted by atomic mass is 16.5. The van der Waals surface area contributed by atoms with E-state index < -0.39 is 0 Å². The Bertz CT molecular complexity index is 191. The highest BCUT2D eigenvalue weighted by Crippen LogP contribution is 1.99. The lowest BCUT2D eigenvalue weighted by molar-refractivity contribution is 0.0243. The molecule has 1 fully saturated rings. The van der Waals surface area contributed by atoms with Crippen molar-refractivity contribution in [2.24, 2.45) is 0 Å². The molecule has 1 rings (SSSR count). The number of ether oxygens (including phenoxy) is 1. The normalized spacial score (nSPS) is 21.4. The van der Waals surface area contributed by atoms with E-state index in [4.69, 9.17) is 4.74 Å². The van der Waals surface area contributed by atoms with Gasteiger partial charge in [-0.05, 0) is 20.3 Å². The van der Waals surface area contributed by atoms with Gasteiger partial charge in [0.05, 0.1) is 12.7 Å². The fourth-order valence-corrected chi connectivity index (χ4v) is 1.47. The third-order valence-electron chi connectivity index (χ3n) is 2.18. The molecule has 2 amide bonds. The van der Waals surface area contributed by atoms with Crippen molar-refractivity contribution in [3.8, 4) is 0 Å². The number of amides is 2. The first-order valence-corrected chi connectivity index (χ1v) is 5.55. The van der Waals surface area contributed by atoms with Crippen molar-refractivity contribution >= 4 is 6.03 Å². The summed E-state index contributed by atoms with van der Waals surface area (Å²) in [7, 11) is 0. The Labute approximate surface area is 90.9 Å². The van der Waals surface area contributed by atoms with E-state index in [1.165, 1.54) is 0 Å². The van der Waals surface area contributed by atoms with Crippen LogP contribution in [0.4, 0.5) is 4.79 Å². The minimum absolute atomic E-state index is 0.103. The van der Waals surface area contributed by atoms with Gasteiger partial charge in [0.15, 0.2) is 0 Å². The minimum Gasteiger partial charge on any atom is -0.376 e. The Kier molecular flexibility index (Phi) is 5.42. The Morgan fingerprint density at radius 2 is 2.40 bits per heavy atom. The number of rotatable bonds is 4. The first-order valence-electron chi connectivity index (χ1n) is 5.55. The van der Waals surface area contributed by atoms with Gasteiger partial charge in [-0.15, -0.1) is 0 Å². The molecule has 0 bridgehead atoms. The lowest BCUT2D eigenvalue weighted by atomic mass is 10.2. The second-order valence-electron chi connectivity index (χ2n) is 4.04. The van der Waals surface area contributed by atoms with Crippen LogP contribution in [0.5, 0.6) is 0 Å². The number of morpholine rings is 1. The summed E-state index contributed by atoms with van der Waals surface area (Å²) in [6.45, 7) is 7.11. The van der Waals surface area contributed by atoms with E-state index in [1.54, 1.807) is 0 Å². The highest BCUT2D eigenvalue weighted by Gasteiger charge is 2.13. The van der Waals surface area contributed by atoms with Crippen LogP contribution in [0.1, 0.15) is 20.3 Å². The standard InChI is InChI=1S/C10H21N3O2/c1-8(2)13-10(14)12-4-3-9-7-11-5-6-15-9/h8-9,11H,3-7H2,1-2H3,(H2,12,13,14). The van der Waals surface area contributed by atoms with E-state index >= 15 is 0 Å². The van der Waals surface area contributed by atoms with Crippen molar-refractivity contribution in [3.63, 3.8) is 0 Å². The number of carbonyl (C=O) groups is 1. The first kappa shape index (κ1) is 12.3. The van der Waals surface area contributed by atoms with Crippen LogP contribution in [-0.4, -0.2) is 44.4 Å². The number of carbonyl (C=O) groups excluding carboxylic acids is 1. The Morgan fingerprint density at radius 1 is 1.60 bits per heavy atom. The molecule has 15 heavy (non-hydrogen) atoms. The second kappa shape index (κ2) is 6.63. The van der Waals surface area contributed by atoms with Crippen LogP contribution in [0, 0.1) is 0 Å². The fraction of sp³-hybridized carbons (Fsp3) is 0.900. The summed E-state index contributed by atoms with van der Waals surface area (Å²) in [5, 5.41) is 8.83. The molecule has 0 aromatic heterocycles. The highest BCUT2D eigenvalue weighted by molar-refractivity contribution is 5.73. The van der Waals surface area contributed by atoms with Gasteiger partial charge in [-0.3, -0.25) is 0 Å². The van der Waals surface area contributed by atoms with Gasteiger partial charge >= 0.3 is 6.03 Å². The Morgan fingerprint density at radius 3 is 3.00 bits per heavy atom. The van der Waals surface area contributed by atoms with E-state index in [1.807, 2.05) is 13.8 Å². The quantitative estimate of drug-likeness (QED) is 0.622. The van der Waals surface area contributed by atoms with Crippen LogP contribution in [0.15, 0.2) is 0 Å². The van der Waals surface area contributed by atoms with Crippen molar-refractivity contribution in [1.29, 1.82) is 0 Å². The molecule has 0 radical (unpaired) electrons. The van der Waals surface area contributed by atoms with E-state index in [0.717, 1.165) is 26.1 Å². The largest absolute Gasteiger partial charge is 0.376 e. The smallest absolute Gasteiger partial charge is 0.314 e. The molecule has 88 valence electrons. The summed E-state index contributed by atoms with van der Waals surface area (Å²) in [5.74, 6) is 0. The summed E-state index contributed by atoms with van der Waals surface area (Å²) in [5.41, 5.74) is 0. The summed E-state index contributed by atoms with van der Waals surface area (Å²) in [4.78, 5) is 11.2. The Hall–Kier alpha value is -0.810. The summed E-state index contributed by atoms with van der Waals surface area (Å²) in [6.07, 6.45) is 1.09. The average Bonchev–Trinajstić information content (AvgIpc) is 2.18. The number of urea groups is 1. The van der Waals surface area contributed by atoms with Gasteiger partial charge < -0.3 is 20.7 Å². The molecule has 1 heterocycles. The summed E-state index contributed by atoms with van der Waals surface area (Å²) in [6, 6.07) is 0.0753. The van der Waals surface area contributed by atoms with E-state index in [0.29, 0.717) is 6.54 Å². The number of hydrogen-bond donors (Lipinski definition) is 3. The molecule has 1 aliphatic heterocycles. The molecule has 3 N–H and O–H groups in total. The molecule has 5 heteroatoms. The van der Waals surface area contributed by atoms with Crippen molar-refractivity contribution in [2.45, 2.75) is 32.4 Å². The third-order valence-corrected chi connectivity index (χ3v) is 2.18. The van der Waals surface area contributed by atoms with Crippen LogP contribution in [-0.2, 0) is 4.74 Å². The van der Waals surface area contributed by atoms with E-state index in [2.05, 4.69) is 16.0 Å². The third kappa shape index (κ3) is 5.59. The van der Waals surface area contributed by atoms with E-state index in [-0.39, 0.29) is 18.2 Å². The molecule has 0 saturated carbocycles. The predicted octanol–water partition coefficient (Wildman–Crippen LogP) is 0.0725. The fourth-order valence-electron chi connectivity index (χ4n) is 1.47. The average molecular weight is 215 g/mol. The minimum atomic E-state index is -0.103. The monoisotopic (exact) mass is 215 g/mol. The maximum absolute atomic E-state index is 11.2. The zero-order valence-corrected chi connectivity index (χ0v) is 9.51. The van der Waals surface area contributed by atoms with Crippen molar-refractivity contribution < 1.29 is 9.53 Å². The number of hydrogen-bond acceptors (Lipinski definition) is 3. The van der Waals surface area contributed by atoms with Gasteiger partial charge in [-0.1, -0.05) is 0 Å². The van der Waals surface area contributed by atoms with E-state index in [9.17, 15) is 4.79 Å². The maximum atomic E-state index is 11.2. The van der Waals surface area contributed by atoms with Crippen molar-refractivity contribution in [1.82, 2.24) is 16.0 Å². The van der Waals surface area contributed by atoms with Crippen molar-refractivity contribution in [2.75, 3.05) is 26.2 Å². The summed E-state index contributed by atoms with van der Waals surface area (Å²) >= 11 is 0. The van der Waals surface area contributed by atoms with Gasteiger partial charge in [0, 0.05) is 25.7 Å². The van der Waals surface area contributed by atoms with Crippen LogP contribution in [0.3, 0.4) is 0 Å². The topological polar surface area (TPSA) is 62.4 Å². The molecular weight excluding hydrogens is 194 g/mol. The first-order chi connectivity index (χ1) is 7.18.